The number of nitrogens with one attached hydrogen (secondary N) is 1. The van der Waals surface area contributed by atoms with Gasteiger partial charge >= 0.3 is 0 Å². The molecule has 0 aromatic carbocycles. The Morgan fingerprint density at radius 3 is 2.08 bits per heavy atom. The molecule has 0 amide bonds. The normalized spacial score (nSPS) is 34.4. The SMILES string of the molecule is O=S(=O)([O-])NC1CC2C(COS(=O)(=O)[O-])OC1CC2OS(=O)(=O)[O-]. The molecule has 2 heterocycles. The summed E-state index contributed by atoms with van der Waals surface area (Å²) in [6.45, 7) is -0.775. The van der Waals surface area contributed by atoms with E-state index in [0.29, 0.717) is 0 Å². The molecule has 3 aliphatic rings. The summed E-state index contributed by atoms with van der Waals surface area (Å²) in [7, 11) is -15.0. The van der Waals surface area contributed by atoms with Gasteiger partial charge in [-0.15, -0.1) is 0 Å². The highest BCUT2D eigenvalue weighted by molar-refractivity contribution is 7.83. The molecule has 24 heavy (non-hydrogen) atoms. The maximum absolute atomic E-state index is 10.8. The van der Waals surface area contributed by atoms with Gasteiger partial charge in [0.15, 0.2) is 10.3 Å². The van der Waals surface area contributed by atoms with E-state index in [4.69, 9.17) is 4.74 Å². The van der Waals surface area contributed by atoms with Crippen molar-refractivity contribution in [2.45, 2.75) is 37.2 Å². The van der Waals surface area contributed by atoms with E-state index in [1.54, 1.807) is 4.72 Å². The van der Waals surface area contributed by atoms with Crippen molar-refractivity contribution < 1.29 is 52.0 Å². The second kappa shape index (κ2) is 6.71. The van der Waals surface area contributed by atoms with Gasteiger partial charge < -0.3 is 18.4 Å². The Morgan fingerprint density at radius 2 is 1.62 bits per heavy atom. The molecule has 142 valence electrons. The molecular weight excluding hydrogens is 398 g/mol. The van der Waals surface area contributed by atoms with Gasteiger partial charge in [-0.05, 0) is 6.42 Å². The minimum Gasteiger partial charge on any atom is -0.735 e. The average Bonchev–Trinajstić information content (AvgIpc) is 2.33. The third-order valence-corrected chi connectivity index (χ3v) is 5.16. The third kappa shape index (κ3) is 5.83. The van der Waals surface area contributed by atoms with E-state index in [1.165, 1.54) is 0 Å². The Bertz CT molecular complexity index is 773. The summed E-state index contributed by atoms with van der Waals surface area (Å²) in [5, 5.41) is 0. The molecule has 0 aromatic heterocycles. The summed E-state index contributed by atoms with van der Waals surface area (Å²) in [5.74, 6) is -1.00. The van der Waals surface area contributed by atoms with Crippen molar-refractivity contribution in [3.63, 3.8) is 0 Å². The molecule has 5 atom stereocenters. The molecule has 2 saturated heterocycles. The van der Waals surface area contributed by atoms with E-state index >= 15 is 0 Å². The molecule has 2 bridgehead atoms. The fourth-order valence-electron chi connectivity index (χ4n) is 2.92. The van der Waals surface area contributed by atoms with Crippen LogP contribution in [0, 0.1) is 5.92 Å². The fourth-order valence-corrected chi connectivity index (χ4v) is 4.36. The van der Waals surface area contributed by atoms with Crippen LogP contribution in [0.25, 0.3) is 0 Å². The first-order chi connectivity index (χ1) is 10.7. The summed E-state index contributed by atoms with van der Waals surface area (Å²) in [4.78, 5) is 0. The fraction of sp³-hybridized carbons (Fsp3) is 1.00. The average molecular weight is 410 g/mol. The molecule has 2 aliphatic heterocycles. The Balaban J connectivity index is 2.16. The number of rotatable bonds is 7. The van der Waals surface area contributed by atoms with E-state index in [2.05, 4.69) is 8.37 Å². The van der Waals surface area contributed by atoms with Crippen LogP contribution in [0.4, 0.5) is 0 Å². The summed E-state index contributed by atoms with van der Waals surface area (Å²) < 4.78 is 112. The van der Waals surface area contributed by atoms with Crippen LogP contribution in [0.15, 0.2) is 0 Å². The van der Waals surface area contributed by atoms with Crippen LogP contribution >= 0.6 is 0 Å². The molecule has 0 radical (unpaired) electrons. The van der Waals surface area contributed by atoms with Crippen LogP contribution in [0.3, 0.4) is 0 Å². The lowest BCUT2D eigenvalue weighted by atomic mass is 9.75. The zero-order valence-corrected chi connectivity index (χ0v) is 14.1. The maximum atomic E-state index is 10.8. The van der Waals surface area contributed by atoms with Gasteiger partial charge in [0, 0.05) is 18.4 Å². The predicted molar refractivity (Wildman–Crippen MR) is 68.2 cm³/mol. The Labute approximate surface area is 138 Å². The van der Waals surface area contributed by atoms with Crippen molar-refractivity contribution in [3.05, 3.63) is 0 Å². The standard InChI is InChI=1S/C8H15NO12S3/c10-22(11,12)9-5-1-4-6(21-24(16,17)18)2-7(5)20-8(4)3-19-23(13,14)15/h4-9H,1-3H2,(H,10,11,12)(H,13,14,15)(H,16,17,18)/p-3. The van der Waals surface area contributed by atoms with Crippen LogP contribution in [-0.4, -0.2) is 69.9 Å². The lowest BCUT2D eigenvalue weighted by Gasteiger charge is -2.50. The Hall–Kier alpha value is -0.430. The van der Waals surface area contributed by atoms with Crippen molar-refractivity contribution in [2.75, 3.05) is 6.61 Å². The van der Waals surface area contributed by atoms with Crippen LogP contribution in [0.5, 0.6) is 0 Å². The first-order valence-corrected chi connectivity index (χ1v) is 10.4. The van der Waals surface area contributed by atoms with Crippen molar-refractivity contribution in [2.24, 2.45) is 5.92 Å². The smallest absolute Gasteiger partial charge is 0.217 e. The van der Waals surface area contributed by atoms with Crippen LogP contribution in [-0.2, 0) is 44.2 Å². The van der Waals surface area contributed by atoms with E-state index in [0.717, 1.165) is 0 Å². The van der Waals surface area contributed by atoms with Gasteiger partial charge in [-0.2, -0.15) is 0 Å². The van der Waals surface area contributed by atoms with Gasteiger partial charge in [0.2, 0.25) is 20.8 Å². The molecule has 1 N–H and O–H groups in total. The molecule has 5 unspecified atom stereocenters. The highest BCUT2D eigenvalue weighted by atomic mass is 32.3. The topological polar surface area (TPSA) is 211 Å². The highest BCUT2D eigenvalue weighted by Gasteiger charge is 2.50. The molecule has 3 fully saturated rings. The van der Waals surface area contributed by atoms with E-state index in [1.807, 2.05) is 0 Å². The number of hydrogen-bond acceptors (Lipinski definition) is 12. The Kier molecular flexibility index (Phi) is 5.56. The first-order valence-electron chi connectivity index (χ1n) is 6.36. The van der Waals surface area contributed by atoms with Gasteiger partial charge in [-0.1, -0.05) is 0 Å². The van der Waals surface area contributed by atoms with Gasteiger partial charge in [0.25, 0.3) is 0 Å². The van der Waals surface area contributed by atoms with Gasteiger partial charge in [-0.3, -0.25) is 8.37 Å². The van der Waals surface area contributed by atoms with Crippen LogP contribution in [0.2, 0.25) is 0 Å². The second-order valence-electron chi connectivity index (χ2n) is 5.26. The lowest BCUT2D eigenvalue weighted by Crippen LogP contribution is -2.62. The number of ether oxygens (including phenoxy) is 1. The highest BCUT2D eigenvalue weighted by Crippen LogP contribution is 2.40. The molecule has 1 saturated carbocycles. The first kappa shape index (κ1) is 19.9. The number of fused-ring (bicyclic) bond motifs is 3. The van der Waals surface area contributed by atoms with Crippen molar-refractivity contribution >= 4 is 31.1 Å². The summed E-state index contributed by atoms with van der Waals surface area (Å²) in [6.07, 6.45) is -3.87. The quantitative estimate of drug-likeness (QED) is 0.326. The minimum absolute atomic E-state index is 0.181. The third-order valence-electron chi connectivity index (χ3n) is 3.66. The van der Waals surface area contributed by atoms with Crippen LogP contribution < -0.4 is 4.72 Å². The zero-order chi connectivity index (χ0) is 18.3. The molecule has 16 heteroatoms. The van der Waals surface area contributed by atoms with Crippen molar-refractivity contribution in [1.29, 1.82) is 0 Å². The molecule has 13 nitrogen and oxygen atoms in total. The van der Waals surface area contributed by atoms with Crippen LogP contribution in [0.1, 0.15) is 12.8 Å². The predicted octanol–water partition coefficient (Wildman–Crippen LogP) is -3.10. The van der Waals surface area contributed by atoms with Crippen molar-refractivity contribution in [1.82, 2.24) is 4.72 Å². The van der Waals surface area contributed by atoms with Gasteiger partial charge in [0.1, 0.15) is 0 Å². The lowest BCUT2D eigenvalue weighted by molar-refractivity contribution is -0.186. The van der Waals surface area contributed by atoms with E-state index in [-0.39, 0.29) is 12.8 Å². The minimum atomic E-state index is -5.09. The zero-order valence-electron chi connectivity index (χ0n) is 11.6. The Morgan fingerprint density at radius 1 is 1.00 bits per heavy atom. The van der Waals surface area contributed by atoms with Crippen molar-refractivity contribution in [3.8, 4) is 0 Å². The second-order valence-corrected chi connectivity index (χ2v) is 8.47. The summed E-state index contributed by atoms with van der Waals surface area (Å²) in [6, 6.07) is -1.02. The summed E-state index contributed by atoms with van der Waals surface area (Å²) >= 11 is 0. The van der Waals surface area contributed by atoms with E-state index < -0.39 is 68.0 Å². The van der Waals surface area contributed by atoms with Gasteiger partial charge in [-0.25, -0.2) is 30.0 Å². The maximum Gasteiger partial charge on any atom is 0.217 e. The largest absolute Gasteiger partial charge is 0.735 e. The molecule has 3 rings (SSSR count). The monoisotopic (exact) mass is 410 g/mol. The molecule has 0 spiro atoms. The van der Waals surface area contributed by atoms with Gasteiger partial charge in [0.05, 0.1) is 24.9 Å². The van der Waals surface area contributed by atoms with E-state index in [9.17, 15) is 38.9 Å². The molecule has 0 aromatic rings. The molecular formula is C8H12NO12S3-3. The number of hydrogen-bond donors (Lipinski definition) is 1. The summed E-state index contributed by atoms with van der Waals surface area (Å²) in [5.41, 5.74) is 0. The molecule has 1 aliphatic carbocycles.